The molecule has 3 nitrogen and oxygen atoms in total. The van der Waals surface area contributed by atoms with Crippen LogP contribution in [0.5, 0.6) is 5.75 Å². The predicted molar refractivity (Wildman–Crippen MR) is 59.7 cm³/mol. The van der Waals surface area contributed by atoms with E-state index in [9.17, 15) is 4.39 Å². The van der Waals surface area contributed by atoms with Crippen molar-refractivity contribution in [3.63, 3.8) is 0 Å². The number of benzene rings is 1. The summed E-state index contributed by atoms with van der Waals surface area (Å²) in [4.78, 5) is 0. The van der Waals surface area contributed by atoms with Crippen molar-refractivity contribution in [1.29, 1.82) is 5.26 Å². The van der Waals surface area contributed by atoms with Crippen LogP contribution in [0, 0.1) is 24.1 Å². The number of rotatable bonds is 5. The first-order chi connectivity index (χ1) is 7.67. The molecule has 86 valence electrons. The van der Waals surface area contributed by atoms with Crippen molar-refractivity contribution in [2.24, 2.45) is 0 Å². The maximum absolute atomic E-state index is 13.3. The molecule has 0 saturated carbocycles. The average molecular weight is 222 g/mol. The Kier molecular flexibility index (Phi) is 4.74. The van der Waals surface area contributed by atoms with Crippen LogP contribution in [0.25, 0.3) is 0 Å². The molecule has 1 rings (SSSR count). The summed E-state index contributed by atoms with van der Waals surface area (Å²) in [5, 5.41) is 11.7. The van der Waals surface area contributed by atoms with E-state index in [0.717, 1.165) is 5.56 Å². The van der Waals surface area contributed by atoms with Crippen LogP contribution in [0.15, 0.2) is 18.2 Å². The number of likely N-dealkylation sites (N-methyl/N-ethyl adjacent to an activating group) is 1. The van der Waals surface area contributed by atoms with E-state index in [0.29, 0.717) is 6.54 Å². The van der Waals surface area contributed by atoms with Gasteiger partial charge in [-0.1, -0.05) is 13.0 Å². The monoisotopic (exact) mass is 222 g/mol. The molecule has 0 amide bonds. The van der Waals surface area contributed by atoms with Gasteiger partial charge in [0.25, 0.3) is 0 Å². The van der Waals surface area contributed by atoms with E-state index >= 15 is 0 Å². The van der Waals surface area contributed by atoms with Crippen LogP contribution in [0.2, 0.25) is 0 Å². The Labute approximate surface area is 94.8 Å². The number of nitriles is 1. The Balaban J connectivity index is 2.60. The van der Waals surface area contributed by atoms with Crippen molar-refractivity contribution in [3.05, 3.63) is 29.6 Å². The van der Waals surface area contributed by atoms with Crippen LogP contribution in [-0.4, -0.2) is 19.2 Å². The zero-order valence-electron chi connectivity index (χ0n) is 9.46. The third kappa shape index (κ3) is 3.52. The highest BCUT2D eigenvalue weighted by Gasteiger charge is 2.08. The molecule has 0 saturated heterocycles. The van der Waals surface area contributed by atoms with Crippen LogP contribution in [-0.2, 0) is 0 Å². The highest BCUT2D eigenvalue weighted by Crippen LogP contribution is 2.18. The molecule has 1 aromatic rings. The third-order valence-corrected chi connectivity index (χ3v) is 2.10. The van der Waals surface area contributed by atoms with Crippen molar-refractivity contribution in [2.45, 2.75) is 19.9 Å². The maximum atomic E-state index is 13.3. The summed E-state index contributed by atoms with van der Waals surface area (Å²) >= 11 is 0. The molecule has 0 aromatic heterocycles. The number of hydrogen-bond donors (Lipinski definition) is 1. The molecule has 1 N–H and O–H groups in total. The van der Waals surface area contributed by atoms with E-state index in [1.54, 1.807) is 12.1 Å². The molecule has 0 aliphatic heterocycles. The SMILES string of the molecule is CCNC(C#N)COc1cc(C)ccc1F. The van der Waals surface area contributed by atoms with Gasteiger partial charge in [0, 0.05) is 0 Å². The van der Waals surface area contributed by atoms with E-state index in [1.807, 2.05) is 19.9 Å². The lowest BCUT2D eigenvalue weighted by atomic mass is 10.2. The van der Waals surface area contributed by atoms with E-state index in [-0.39, 0.29) is 12.4 Å². The van der Waals surface area contributed by atoms with Gasteiger partial charge in [0.05, 0.1) is 6.07 Å². The van der Waals surface area contributed by atoms with E-state index in [4.69, 9.17) is 10.00 Å². The highest BCUT2D eigenvalue weighted by atomic mass is 19.1. The Bertz CT molecular complexity index is 387. The normalized spacial score (nSPS) is 11.9. The van der Waals surface area contributed by atoms with Crippen molar-refractivity contribution < 1.29 is 9.13 Å². The molecule has 0 heterocycles. The topological polar surface area (TPSA) is 45.0 Å². The largest absolute Gasteiger partial charge is 0.488 e. The van der Waals surface area contributed by atoms with E-state index in [2.05, 4.69) is 5.32 Å². The second-order valence-corrected chi connectivity index (χ2v) is 3.48. The molecule has 0 spiro atoms. The van der Waals surface area contributed by atoms with Gasteiger partial charge >= 0.3 is 0 Å². The summed E-state index contributed by atoms with van der Waals surface area (Å²) in [6, 6.07) is 6.29. The van der Waals surface area contributed by atoms with Crippen molar-refractivity contribution in [1.82, 2.24) is 5.32 Å². The summed E-state index contributed by atoms with van der Waals surface area (Å²) < 4.78 is 18.5. The number of hydrogen-bond acceptors (Lipinski definition) is 3. The minimum Gasteiger partial charge on any atom is -0.488 e. The number of aryl methyl sites for hydroxylation is 1. The fraction of sp³-hybridized carbons (Fsp3) is 0.417. The third-order valence-electron chi connectivity index (χ3n) is 2.10. The maximum Gasteiger partial charge on any atom is 0.165 e. The minimum absolute atomic E-state index is 0.144. The van der Waals surface area contributed by atoms with Gasteiger partial charge in [0.1, 0.15) is 12.6 Å². The van der Waals surface area contributed by atoms with Crippen LogP contribution in [0.1, 0.15) is 12.5 Å². The number of halogens is 1. The van der Waals surface area contributed by atoms with Gasteiger partial charge < -0.3 is 4.74 Å². The Morgan fingerprint density at radius 3 is 2.94 bits per heavy atom. The lowest BCUT2D eigenvalue weighted by Crippen LogP contribution is -2.33. The van der Waals surface area contributed by atoms with Gasteiger partial charge in [-0.2, -0.15) is 5.26 Å². The lowest BCUT2D eigenvalue weighted by Gasteiger charge is -2.12. The minimum atomic E-state index is -0.412. The summed E-state index contributed by atoms with van der Waals surface area (Å²) in [7, 11) is 0. The molecule has 16 heavy (non-hydrogen) atoms. The summed E-state index contributed by atoms with van der Waals surface area (Å²) in [5.41, 5.74) is 0.924. The highest BCUT2D eigenvalue weighted by molar-refractivity contribution is 5.29. The van der Waals surface area contributed by atoms with E-state index in [1.165, 1.54) is 6.07 Å². The molecule has 0 bridgehead atoms. The molecule has 0 aliphatic rings. The molecule has 4 heteroatoms. The molecule has 1 atom stereocenters. The van der Waals surface area contributed by atoms with Gasteiger partial charge in [-0.3, -0.25) is 5.32 Å². The van der Waals surface area contributed by atoms with Crippen LogP contribution < -0.4 is 10.1 Å². The lowest BCUT2D eigenvalue weighted by molar-refractivity contribution is 0.278. The molecule has 0 radical (unpaired) electrons. The fourth-order valence-corrected chi connectivity index (χ4v) is 1.28. The van der Waals surface area contributed by atoms with E-state index < -0.39 is 11.9 Å². The van der Waals surface area contributed by atoms with Gasteiger partial charge in [-0.25, -0.2) is 4.39 Å². The first-order valence-electron chi connectivity index (χ1n) is 5.19. The molecule has 0 aliphatic carbocycles. The van der Waals surface area contributed by atoms with Crippen molar-refractivity contribution in [2.75, 3.05) is 13.2 Å². The molecular formula is C12H15FN2O. The summed E-state index contributed by atoms with van der Waals surface area (Å²) in [6.07, 6.45) is 0. The Morgan fingerprint density at radius 1 is 1.56 bits per heavy atom. The number of nitrogens with one attached hydrogen (secondary N) is 1. The predicted octanol–water partition coefficient (Wildman–Crippen LogP) is 2.01. The number of ether oxygens (including phenoxy) is 1. The Hall–Kier alpha value is -1.60. The standard InChI is InChI=1S/C12H15FN2O/c1-3-15-10(7-14)8-16-12-6-9(2)4-5-11(12)13/h4-6,10,15H,3,8H2,1-2H3. The molecular weight excluding hydrogens is 207 g/mol. The number of nitrogens with zero attached hydrogens (tertiary/aromatic N) is 1. The summed E-state index contributed by atoms with van der Waals surface area (Å²) in [6.45, 7) is 4.58. The van der Waals surface area contributed by atoms with Crippen LogP contribution in [0.3, 0.4) is 0 Å². The average Bonchev–Trinajstić information content (AvgIpc) is 2.28. The fourth-order valence-electron chi connectivity index (χ4n) is 1.28. The van der Waals surface area contributed by atoms with Gasteiger partial charge in [-0.15, -0.1) is 0 Å². The van der Waals surface area contributed by atoms with Crippen LogP contribution in [0.4, 0.5) is 4.39 Å². The Morgan fingerprint density at radius 2 is 2.31 bits per heavy atom. The second kappa shape index (κ2) is 6.09. The quantitative estimate of drug-likeness (QED) is 0.829. The van der Waals surface area contributed by atoms with Gasteiger partial charge in [0.2, 0.25) is 0 Å². The zero-order chi connectivity index (χ0) is 12.0. The second-order valence-electron chi connectivity index (χ2n) is 3.48. The molecule has 1 aromatic carbocycles. The van der Waals surface area contributed by atoms with Gasteiger partial charge in [-0.05, 0) is 31.2 Å². The first kappa shape index (κ1) is 12.5. The van der Waals surface area contributed by atoms with Gasteiger partial charge in [0.15, 0.2) is 11.6 Å². The molecule has 1 unspecified atom stereocenters. The smallest absolute Gasteiger partial charge is 0.165 e. The summed E-state index contributed by atoms with van der Waals surface area (Å²) in [5.74, 6) is -0.211. The van der Waals surface area contributed by atoms with Crippen molar-refractivity contribution >= 4 is 0 Å². The zero-order valence-corrected chi connectivity index (χ0v) is 9.46. The molecule has 0 fully saturated rings. The van der Waals surface area contributed by atoms with Crippen molar-refractivity contribution in [3.8, 4) is 11.8 Å². The first-order valence-corrected chi connectivity index (χ1v) is 5.19. The van der Waals surface area contributed by atoms with Crippen LogP contribution >= 0.6 is 0 Å².